The van der Waals surface area contributed by atoms with Gasteiger partial charge in [0, 0.05) is 66.1 Å². The Labute approximate surface area is 188 Å². The van der Waals surface area contributed by atoms with Crippen LogP contribution in [0.25, 0.3) is 10.1 Å². The third-order valence-corrected chi connectivity index (χ3v) is 7.62. The van der Waals surface area contributed by atoms with E-state index in [-0.39, 0.29) is 5.92 Å². The van der Waals surface area contributed by atoms with Crippen LogP contribution in [0.5, 0.6) is 0 Å². The summed E-state index contributed by atoms with van der Waals surface area (Å²) in [5.74, 6) is 1.43. The minimum atomic E-state index is 0.0662. The van der Waals surface area contributed by atoms with E-state index in [9.17, 15) is 4.79 Å². The number of benzene rings is 1. The molecule has 5 nitrogen and oxygen atoms in total. The molecule has 5 rings (SSSR count). The summed E-state index contributed by atoms with van der Waals surface area (Å²) in [5.41, 5.74) is 2.54. The number of thiophene rings is 1. The molecular weight excluding hydrogens is 404 g/mol. The van der Waals surface area contributed by atoms with Gasteiger partial charge in [0.05, 0.1) is 5.92 Å². The zero-order chi connectivity index (χ0) is 21.4. The van der Waals surface area contributed by atoms with Crippen molar-refractivity contribution in [2.24, 2.45) is 5.92 Å². The van der Waals surface area contributed by atoms with Gasteiger partial charge in [0.1, 0.15) is 5.82 Å². The van der Waals surface area contributed by atoms with Crippen molar-refractivity contribution in [1.29, 1.82) is 0 Å². The van der Waals surface area contributed by atoms with E-state index in [4.69, 9.17) is 4.98 Å². The quantitative estimate of drug-likeness (QED) is 0.609. The average molecular weight is 435 g/mol. The van der Waals surface area contributed by atoms with Crippen LogP contribution < -0.4 is 9.80 Å². The number of pyridine rings is 1. The molecule has 0 radical (unpaired) electrons. The Balaban J connectivity index is 1.24. The van der Waals surface area contributed by atoms with E-state index >= 15 is 0 Å². The minimum Gasteiger partial charge on any atom is -0.368 e. The molecule has 1 aromatic carbocycles. The van der Waals surface area contributed by atoms with Gasteiger partial charge in [-0.1, -0.05) is 17.7 Å². The molecule has 0 N–H and O–H groups in total. The third-order valence-electron chi connectivity index (χ3n) is 6.61. The van der Waals surface area contributed by atoms with Gasteiger partial charge in [-0.3, -0.25) is 4.79 Å². The number of nitrogens with zero attached hydrogens (tertiary/aromatic N) is 4. The first kappa shape index (κ1) is 20.3. The first-order valence-corrected chi connectivity index (χ1v) is 12.1. The summed E-state index contributed by atoms with van der Waals surface area (Å²) in [6.45, 7) is 9.43. The maximum Gasteiger partial charge on any atom is 0.227 e. The van der Waals surface area contributed by atoms with Crippen LogP contribution in [0.3, 0.4) is 0 Å². The average Bonchev–Trinajstić information content (AvgIpc) is 3.19. The Bertz CT molecular complexity index is 1070. The van der Waals surface area contributed by atoms with Crippen LogP contribution in [-0.2, 0) is 4.79 Å². The molecule has 0 saturated carbocycles. The van der Waals surface area contributed by atoms with Crippen LogP contribution in [0, 0.1) is 19.8 Å². The van der Waals surface area contributed by atoms with E-state index in [1.54, 1.807) is 0 Å². The van der Waals surface area contributed by atoms with E-state index in [2.05, 4.69) is 64.9 Å². The molecule has 162 valence electrons. The van der Waals surface area contributed by atoms with Gasteiger partial charge in [0.25, 0.3) is 0 Å². The molecule has 0 aliphatic carbocycles. The zero-order valence-corrected chi connectivity index (χ0v) is 19.2. The van der Waals surface area contributed by atoms with E-state index in [1.807, 2.05) is 17.5 Å². The molecule has 1 atom stereocenters. The van der Waals surface area contributed by atoms with E-state index in [1.165, 1.54) is 26.2 Å². The number of hydrogen-bond donors (Lipinski definition) is 0. The Morgan fingerprint density at radius 1 is 1.00 bits per heavy atom. The second kappa shape index (κ2) is 8.50. The highest BCUT2D eigenvalue weighted by Crippen LogP contribution is 2.33. The number of aromatic nitrogens is 1. The SMILES string of the molecule is Cc1ccc(N2CCN(C(=O)[C@H]3CCCN(c4nccc5sc(C)cc45)C3)CC2)cc1. The summed E-state index contributed by atoms with van der Waals surface area (Å²) in [4.78, 5) is 26.2. The van der Waals surface area contributed by atoms with Crippen molar-refractivity contribution in [3.05, 3.63) is 53.0 Å². The number of rotatable bonds is 3. The van der Waals surface area contributed by atoms with Gasteiger partial charge in [0.15, 0.2) is 0 Å². The Kier molecular flexibility index (Phi) is 5.57. The van der Waals surface area contributed by atoms with Gasteiger partial charge in [-0.15, -0.1) is 11.3 Å². The normalized spacial score (nSPS) is 19.8. The molecule has 2 aliphatic heterocycles. The molecule has 2 aliphatic rings. The van der Waals surface area contributed by atoms with Crippen LogP contribution in [0.1, 0.15) is 23.3 Å². The molecule has 0 spiro atoms. The largest absolute Gasteiger partial charge is 0.368 e. The smallest absolute Gasteiger partial charge is 0.227 e. The predicted octanol–water partition coefficient (Wildman–Crippen LogP) is 4.48. The molecule has 2 saturated heterocycles. The molecule has 2 aromatic heterocycles. The second-order valence-electron chi connectivity index (χ2n) is 8.84. The van der Waals surface area contributed by atoms with E-state index in [0.29, 0.717) is 5.91 Å². The van der Waals surface area contributed by atoms with Crippen LogP contribution in [0.2, 0.25) is 0 Å². The Morgan fingerprint density at radius 3 is 2.55 bits per heavy atom. The highest BCUT2D eigenvalue weighted by molar-refractivity contribution is 7.19. The van der Waals surface area contributed by atoms with Crippen molar-refractivity contribution in [2.45, 2.75) is 26.7 Å². The van der Waals surface area contributed by atoms with Crippen molar-refractivity contribution in [3.63, 3.8) is 0 Å². The molecule has 3 aromatic rings. The fourth-order valence-electron chi connectivity index (χ4n) is 4.90. The third kappa shape index (κ3) is 4.13. The monoisotopic (exact) mass is 434 g/mol. The summed E-state index contributed by atoms with van der Waals surface area (Å²) in [7, 11) is 0. The van der Waals surface area contributed by atoms with Crippen LogP contribution in [0.4, 0.5) is 11.5 Å². The molecular formula is C25H30N4OS. The Hall–Kier alpha value is -2.60. The zero-order valence-electron chi connectivity index (χ0n) is 18.4. The van der Waals surface area contributed by atoms with Crippen LogP contribution in [0.15, 0.2) is 42.6 Å². The van der Waals surface area contributed by atoms with Crippen molar-refractivity contribution < 1.29 is 4.79 Å². The highest BCUT2D eigenvalue weighted by atomic mass is 32.1. The standard InChI is InChI=1S/C25H30N4OS/c1-18-5-7-21(8-6-18)27-12-14-28(15-13-27)25(30)20-4-3-11-29(17-20)24-22-16-19(2)31-23(22)9-10-26-24/h5-10,16,20H,3-4,11-15,17H2,1-2H3/t20-/m0/s1. The molecule has 0 unspecified atom stereocenters. The maximum absolute atomic E-state index is 13.3. The lowest BCUT2D eigenvalue weighted by atomic mass is 9.96. The summed E-state index contributed by atoms with van der Waals surface area (Å²) in [6.07, 6.45) is 3.93. The van der Waals surface area contributed by atoms with Gasteiger partial charge in [-0.25, -0.2) is 4.98 Å². The first-order valence-electron chi connectivity index (χ1n) is 11.3. The van der Waals surface area contributed by atoms with Crippen LogP contribution >= 0.6 is 11.3 Å². The number of aryl methyl sites for hydroxylation is 2. The predicted molar refractivity (Wildman–Crippen MR) is 129 cm³/mol. The number of carbonyl (C=O) groups excluding carboxylic acids is 1. The molecule has 31 heavy (non-hydrogen) atoms. The minimum absolute atomic E-state index is 0.0662. The van der Waals surface area contributed by atoms with Crippen molar-refractivity contribution in [1.82, 2.24) is 9.88 Å². The lowest BCUT2D eigenvalue weighted by Gasteiger charge is -2.40. The molecule has 1 amide bonds. The van der Waals surface area contributed by atoms with Gasteiger partial charge < -0.3 is 14.7 Å². The molecule has 6 heteroatoms. The number of fused-ring (bicyclic) bond motifs is 1. The first-order chi connectivity index (χ1) is 15.1. The summed E-state index contributed by atoms with van der Waals surface area (Å²) in [5, 5.41) is 1.23. The van der Waals surface area contributed by atoms with Crippen LogP contribution in [-0.4, -0.2) is 55.1 Å². The number of anilines is 2. The maximum atomic E-state index is 13.3. The lowest BCUT2D eigenvalue weighted by molar-refractivity contribution is -0.136. The number of piperidine rings is 1. The summed E-state index contributed by atoms with van der Waals surface area (Å²) in [6, 6.07) is 13.0. The fraction of sp³-hybridized carbons (Fsp3) is 0.440. The van der Waals surface area contributed by atoms with Gasteiger partial charge in [0.2, 0.25) is 5.91 Å². The van der Waals surface area contributed by atoms with Crippen molar-refractivity contribution in [2.75, 3.05) is 49.1 Å². The summed E-state index contributed by atoms with van der Waals surface area (Å²) < 4.78 is 1.28. The topological polar surface area (TPSA) is 39.7 Å². The van der Waals surface area contributed by atoms with Gasteiger partial charge in [-0.05, 0) is 51.0 Å². The summed E-state index contributed by atoms with van der Waals surface area (Å²) >= 11 is 1.81. The van der Waals surface area contributed by atoms with Crippen molar-refractivity contribution >= 4 is 38.8 Å². The second-order valence-corrected chi connectivity index (χ2v) is 10.1. The van der Waals surface area contributed by atoms with Crippen molar-refractivity contribution in [3.8, 4) is 0 Å². The number of carbonyl (C=O) groups is 1. The molecule has 2 fully saturated rings. The number of piperazine rings is 1. The molecule has 4 heterocycles. The highest BCUT2D eigenvalue weighted by Gasteiger charge is 2.32. The lowest BCUT2D eigenvalue weighted by Crippen LogP contribution is -2.52. The Morgan fingerprint density at radius 2 is 1.77 bits per heavy atom. The number of amides is 1. The fourth-order valence-corrected chi connectivity index (χ4v) is 5.81. The van der Waals surface area contributed by atoms with Gasteiger partial charge >= 0.3 is 0 Å². The molecule has 0 bridgehead atoms. The van der Waals surface area contributed by atoms with E-state index in [0.717, 1.165) is 57.9 Å². The van der Waals surface area contributed by atoms with Gasteiger partial charge in [-0.2, -0.15) is 0 Å². The van der Waals surface area contributed by atoms with E-state index < -0.39 is 0 Å². The number of hydrogen-bond acceptors (Lipinski definition) is 5.